The van der Waals surface area contributed by atoms with Crippen LogP contribution in [0.3, 0.4) is 0 Å². The summed E-state index contributed by atoms with van der Waals surface area (Å²) >= 11 is 0. The molecule has 4 rings (SSSR count). The first kappa shape index (κ1) is 33.4. The van der Waals surface area contributed by atoms with Crippen molar-refractivity contribution in [2.24, 2.45) is 0 Å². The number of esters is 1. The van der Waals surface area contributed by atoms with Crippen molar-refractivity contribution >= 4 is 12.0 Å². The Morgan fingerprint density at radius 3 is 2.18 bits per heavy atom. The minimum atomic E-state index is -2.46. The van der Waals surface area contributed by atoms with Crippen molar-refractivity contribution in [1.29, 1.82) is 0 Å². The van der Waals surface area contributed by atoms with Crippen LogP contribution >= 0.6 is 0 Å². The largest absolute Gasteiger partial charge is 0.504 e. The van der Waals surface area contributed by atoms with Gasteiger partial charge in [-0.25, -0.2) is 4.79 Å². The predicted molar refractivity (Wildman–Crippen MR) is 147 cm³/mol. The van der Waals surface area contributed by atoms with E-state index in [4.69, 9.17) is 23.7 Å². The number of benzene rings is 2. The Morgan fingerprint density at radius 1 is 0.886 bits per heavy atom. The van der Waals surface area contributed by atoms with Crippen LogP contribution in [-0.2, 0) is 34.1 Å². The van der Waals surface area contributed by atoms with Gasteiger partial charge < -0.3 is 69.6 Å². The van der Waals surface area contributed by atoms with E-state index in [-0.39, 0.29) is 17.9 Å². The molecule has 0 saturated carbocycles. The number of carbonyl (C=O) groups excluding carboxylic acids is 1. The molecule has 0 amide bonds. The van der Waals surface area contributed by atoms with Gasteiger partial charge in [-0.3, -0.25) is 0 Å². The zero-order valence-corrected chi connectivity index (χ0v) is 23.7. The van der Waals surface area contributed by atoms with Gasteiger partial charge >= 0.3 is 5.97 Å². The van der Waals surface area contributed by atoms with Crippen LogP contribution in [-0.4, -0.2) is 120 Å². The van der Waals surface area contributed by atoms with Crippen LogP contribution < -0.4 is 0 Å². The van der Waals surface area contributed by atoms with E-state index in [0.717, 1.165) is 18.2 Å². The molecule has 2 aromatic rings. The van der Waals surface area contributed by atoms with Crippen molar-refractivity contribution < 1.29 is 74.4 Å². The molecular weight excluding hydrogens is 588 g/mol. The smallest absolute Gasteiger partial charge is 0.330 e. The van der Waals surface area contributed by atoms with Gasteiger partial charge in [-0.1, -0.05) is 12.1 Å². The molecule has 9 N–H and O–H groups in total. The molecule has 2 aromatic carbocycles. The molecule has 2 heterocycles. The first-order valence-electron chi connectivity index (χ1n) is 13.7. The van der Waals surface area contributed by atoms with Crippen molar-refractivity contribution in [3.8, 4) is 23.0 Å². The minimum absolute atomic E-state index is 0.0426. The Kier molecular flexibility index (Phi) is 10.3. The molecule has 0 unspecified atom stereocenters. The zero-order chi connectivity index (χ0) is 32.3. The van der Waals surface area contributed by atoms with Crippen molar-refractivity contribution in [1.82, 2.24) is 0 Å². The topological polar surface area (TPSA) is 245 Å². The molecule has 0 spiro atoms. The van der Waals surface area contributed by atoms with Crippen LogP contribution in [0, 0.1) is 0 Å². The summed E-state index contributed by atoms with van der Waals surface area (Å²) in [5, 5.41) is 93.6. The Balaban J connectivity index is 1.62. The second kappa shape index (κ2) is 13.6. The van der Waals surface area contributed by atoms with E-state index in [1.807, 2.05) is 0 Å². The van der Waals surface area contributed by atoms with E-state index in [1.54, 1.807) is 6.92 Å². The van der Waals surface area contributed by atoms with Gasteiger partial charge in [0.05, 0.1) is 6.10 Å². The van der Waals surface area contributed by atoms with E-state index < -0.39 is 90.7 Å². The molecule has 15 nitrogen and oxygen atoms in total. The van der Waals surface area contributed by atoms with Gasteiger partial charge in [0, 0.05) is 12.7 Å². The number of aromatic hydroxyl groups is 4. The summed E-state index contributed by atoms with van der Waals surface area (Å²) in [5.41, 5.74) is -2.24. The minimum Gasteiger partial charge on any atom is -0.504 e. The first-order valence-corrected chi connectivity index (χ1v) is 13.7. The van der Waals surface area contributed by atoms with Gasteiger partial charge in [0.15, 0.2) is 41.2 Å². The van der Waals surface area contributed by atoms with Gasteiger partial charge in [-0.15, -0.1) is 0 Å². The molecule has 2 saturated heterocycles. The third-order valence-corrected chi connectivity index (χ3v) is 7.43. The molecule has 2 aliphatic rings. The lowest BCUT2D eigenvalue weighted by Crippen LogP contribution is -2.68. The number of ether oxygens (including phenoxy) is 5. The highest BCUT2D eigenvalue weighted by molar-refractivity contribution is 5.87. The Labute approximate surface area is 251 Å². The zero-order valence-electron chi connectivity index (χ0n) is 23.7. The maximum atomic E-state index is 12.5. The van der Waals surface area contributed by atoms with Gasteiger partial charge in [0.1, 0.15) is 43.2 Å². The van der Waals surface area contributed by atoms with E-state index >= 15 is 0 Å². The second-order valence-corrected chi connectivity index (χ2v) is 10.4. The summed E-state index contributed by atoms with van der Waals surface area (Å²) in [4.78, 5) is 12.5. The number of rotatable bonds is 9. The molecular formula is C29H36O15. The fourth-order valence-electron chi connectivity index (χ4n) is 4.94. The van der Waals surface area contributed by atoms with Gasteiger partial charge in [0.2, 0.25) is 0 Å². The molecule has 44 heavy (non-hydrogen) atoms. The average Bonchev–Trinajstić information content (AvgIpc) is 2.99. The van der Waals surface area contributed by atoms with Crippen LogP contribution in [0.1, 0.15) is 25.0 Å². The van der Waals surface area contributed by atoms with Crippen molar-refractivity contribution in [2.75, 3.05) is 13.2 Å². The maximum Gasteiger partial charge on any atom is 0.330 e. The number of aliphatic hydroxyl groups is 5. The Morgan fingerprint density at radius 2 is 1.55 bits per heavy atom. The third kappa shape index (κ3) is 6.76. The number of hydrogen-bond acceptors (Lipinski definition) is 15. The maximum absolute atomic E-state index is 12.5. The quantitative estimate of drug-likeness (QED) is 0.0950. The third-order valence-electron chi connectivity index (χ3n) is 7.43. The van der Waals surface area contributed by atoms with E-state index in [9.17, 15) is 50.8 Å². The molecule has 0 bridgehead atoms. The molecule has 15 heteroatoms. The number of phenols is 4. The van der Waals surface area contributed by atoms with E-state index in [2.05, 4.69) is 0 Å². The van der Waals surface area contributed by atoms with Crippen LogP contribution in [0.2, 0.25) is 0 Å². The standard InChI is InChI=1S/C29H36O15/c1-3-40-28-29(39,15-6-8-17(31)19(33)11-15)26(44-27-25(38)24(37)22(35)13(2)42-27)23(36)20(43-28)12-41-21(34)9-5-14-4-7-16(30)18(32)10-14/h4-11,13,20,22-28,30-33,35-39H,3,12H2,1-2H3/b9-5+/t13-,20+,22-,23+,24+,25+,26-,27+,28-,29-/m0/s1. The fourth-order valence-corrected chi connectivity index (χ4v) is 4.94. The van der Waals surface area contributed by atoms with Gasteiger partial charge in [-0.05, 0) is 55.3 Å². The summed E-state index contributed by atoms with van der Waals surface area (Å²) in [6, 6.07) is 7.13. The van der Waals surface area contributed by atoms with Gasteiger partial charge in [0.25, 0.3) is 0 Å². The normalized spacial score (nSPS) is 34.2. The van der Waals surface area contributed by atoms with Crippen molar-refractivity contribution in [2.45, 2.75) is 74.8 Å². The fraction of sp³-hybridized carbons (Fsp3) is 0.483. The summed E-state index contributed by atoms with van der Waals surface area (Å²) in [5.74, 6) is -2.78. The molecule has 2 aliphatic heterocycles. The summed E-state index contributed by atoms with van der Waals surface area (Å²) in [7, 11) is 0. The van der Waals surface area contributed by atoms with Crippen LogP contribution in [0.15, 0.2) is 42.5 Å². The predicted octanol–water partition coefficient (Wildman–Crippen LogP) is -0.712. The monoisotopic (exact) mass is 624 g/mol. The highest BCUT2D eigenvalue weighted by Crippen LogP contribution is 2.44. The van der Waals surface area contributed by atoms with Crippen LogP contribution in [0.4, 0.5) is 0 Å². The lowest BCUT2D eigenvalue weighted by Gasteiger charge is -2.51. The molecule has 0 radical (unpaired) electrons. The van der Waals surface area contributed by atoms with Crippen molar-refractivity contribution in [3.63, 3.8) is 0 Å². The summed E-state index contributed by atoms with van der Waals surface area (Å²) in [6.07, 6.45) is -12.2. The summed E-state index contributed by atoms with van der Waals surface area (Å²) in [6.45, 7) is 2.34. The average molecular weight is 625 g/mol. The number of aliphatic hydroxyl groups excluding tert-OH is 4. The van der Waals surface area contributed by atoms with Crippen LogP contribution in [0.25, 0.3) is 6.08 Å². The van der Waals surface area contributed by atoms with E-state index in [0.29, 0.717) is 5.56 Å². The molecule has 242 valence electrons. The molecule has 0 aliphatic carbocycles. The SMILES string of the molecule is CCO[C@H]1O[C@H](COC(=O)/C=C/c2ccc(O)c(O)c2)[C@@H](O)[C@H](O[C@H]2O[C@@H](C)[C@H](O)[C@@H](O)[C@H]2O)[C@@]1(O)c1ccc(O)c(O)c1. The second-order valence-electron chi connectivity index (χ2n) is 10.4. The number of hydrogen-bond donors (Lipinski definition) is 9. The van der Waals surface area contributed by atoms with E-state index in [1.165, 1.54) is 37.3 Å². The summed E-state index contributed by atoms with van der Waals surface area (Å²) < 4.78 is 28.1. The number of phenolic OH excluding ortho intramolecular Hbond substituents is 4. The Hall–Kier alpha value is -3.51. The molecule has 10 atom stereocenters. The molecule has 2 fully saturated rings. The lowest BCUT2D eigenvalue weighted by molar-refractivity contribution is -0.387. The van der Waals surface area contributed by atoms with Crippen LogP contribution in [0.5, 0.6) is 23.0 Å². The lowest BCUT2D eigenvalue weighted by atomic mass is 9.80. The Bertz CT molecular complexity index is 1330. The highest BCUT2D eigenvalue weighted by Gasteiger charge is 2.60. The first-order chi connectivity index (χ1) is 20.8. The highest BCUT2D eigenvalue weighted by atomic mass is 16.7. The van der Waals surface area contributed by atoms with Crippen molar-refractivity contribution in [3.05, 3.63) is 53.6 Å². The number of carbonyl (C=O) groups is 1. The van der Waals surface area contributed by atoms with Gasteiger partial charge in [-0.2, -0.15) is 0 Å². The molecule has 0 aromatic heterocycles.